The van der Waals surface area contributed by atoms with E-state index in [2.05, 4.69) is 10.4 Å². The van der Waals surface area contributed by atoms with E-state index < -0.39 is 23.5 Å². The summed E-state index contributed by atoms with van der Waals surface area (Å²) in [6.07, 6.45) is 0.983. The normalized spacial score (nSPS) is 12.4. The molecule has 1 aromatic heterocycles. The highest BCUT2D eigenvalue weighted by molar-refractivity contribution is 5.29. The minimum absolute atomic E-state index is 0.0107. The number of nitrogens with one attached hydrogen (secondary N) is 1. The van der Waals surface area contributed by atoms with E-state index in [-0.39, 0.29) is 5.56 Å². The minimum Gasteiger partial charge on any atom is -0.271 e. The van der Waals surface area contributed by atoms with Crippen molar-refractivity contribution in [3.63, 3.8) is 0 Å². The van der Waals surface area contributed by atoms with Crippen molar-refractivity contribution in [3.8, 4) is 0 Å². The molecule has 2 aromatic rings. The molecule has 1 aromatic carbocycles. The lowest BCUT2D eigenvalue weighted by Crippen LogP contribution is -2.30. The molecular formula is C12H10F3N3. The van der Waals surface area contributed by atoms with Crippen molar-refractivity contribution < 1.29 is 13.2 Å². The molecule has 0 fully saturated rings. The van der Waals surface area contributed by atoms with Crippen LogP contribution in [0.1, 0.15) is 17.3 Å². The van der Waals surface area contributed by atoms with Gasteiger partial charge in [-0.15, -0.1) is 0 Å². The van der Waals surface area contributed by atoms with Crippen molar-refractivity contribution in [2.24, 2.45) is 5.84 Å². The monoisotopic (exact) mass is 253 g/mol. The van der Waals surface area contributed by atoms with Crippen molar-refractivity contribution in [2.45, 2.75) is 6.04 Å². The van der Waals surface area contributed by atoms with Crippen LogP contribution in [0.2, 0.25) is 0 Å². The van der Waals surface area contributed by atoms with E-state index in [1.54, 1.807) is 0 Å². The van der Waals surface area contributed by atoms with E-state index >= 15 is 0 Å². The molecule has 0 bridgehead atoms. The van der Waals surface area contributed by atoms with Gasteiger partial charge in [-0.1, -0.05) is 12.1 Å². The standard InChI is InChI=1S/C12H10F3N3/c13-7-4-5-10(17-6-7)12(18-16)8-2-1-3-9(14)11(8)15/h1-6,12,18H,16H2. The quantitative estimate of drug-likeness (QED) is 0.650. The maximum absolute atomic E-state index is 13.6. The summed E-state index contributed by atoms with van der Waals surface area (Å²) in [7, 11) is 0. The molecule has 2 rings (SSSR count). The molecular weight excluding hydrogens is 243 g/mol. The summed E-state index contributed by atoms with van der Waals surface area (Å²) in [6.45, 7) is 0. The van der Waals surface area contributed by atoms with Gasteiger partial charge in [0, 0.05) is 5.56 Å². The van der Waals surface area contributed by atoms with Gasteiger partial charge in [-0.25, -0.2) is 18.6 Å². The third-order valence-electron chi connectivity index (χ3n) is 2.51. The molecule has 0 spiro atoms. The molecule has 94 valence electrons. The Bertz CT molecular complexity index is 543. The Labute approximate surface area is 101 Å². The van der Waals surface area contributed by atoms with Crippen LogP contribution in [0, 0.1) is 17.5 Å². The van der Waals surface area contributed by atoms with Crippen molar-refractivity contribution in [1.82, 2.24) is 10.4 Å². The zero-order chi connectivity index (χ0) is 13.1. The third kappa shape index (κ3) is 2.34. The number of hydrogen-bond acceptors (Lipinski definition) is 3. The summed E-state index contributed by atoms with van der Waals surface area (Å²) >= 11 is 0. The maximum Gasteiger partial charge on any atom is 0.164 e. The Morgan fingerprint density at radius 1 is 1.11 bits per heavy atom. The van der Waals surface area contributed by atoms with Gasteiger partial charge in [-0.2, -0.15) is 0 Å². The molecule has 3 N–H and O–H groups in total. The first kappa shape index (κ1) is 12.5. The lowest BCUT2D eigenvalue weighted by atomic mass is 10.0. The van der Waals surface area contributed by atoms with Crippen LogP contribution in [-0.2, 0) is 0 Å². The molecule has 0 aliphatic heterocycles. The van der Waals surface area contributed by atoms with Gasteiger partial charge in [0.15, 0.2) is 11.6 Å². The third-order valence-corrected chi connectivity index (χ3v) is 2.51. The van der Waals surface area contributed by atoms with Crippen LogP contribution < -0.4 is 11.3 Å². The van der Waals surface area contributed by atoms with Crippen LogP contribution in [0.15, 0.2) is 36.5 Å². The summed E-state index contributed by atoms with van der Waals surface area (Å²) in [6, 6.07) is 5.43. The van der Waals surface area contributed by atoms with Gasteiger partial charge in [0.25, 0.3) is 0 Å². The number of aromatic nitrogens is 1. The summed E-state index contributed by atoms with van der Waals surface area (Å²) in [5.74, 6) is 2.82. The Kier molecular flexibility index (Phi) is 3.59. The van der Waals surface area contributed by atoms with Crippen molar-refractivity contribution >= 4 is 0 Å². The average Bonchev–Trinajstić information content (AvgIpc) is 2.37. The van der Waals surface area contributed by atoms with Crippen LogP contribution in [0.4, 0.5) is 13.2 Å². The Balaban J connectivity index is 2.45. The van der Waals surface area contributed by atoms with E-state index in [0.29, 0.717) is 5.69 Å². The van der Waals surface area contributed by atoms with Crippen LogP contribution in [0.5, 0.6) is 0 Å². The summed E-state index contributed by atoms with van der Waals surface area (Å²) in [5, 5.41) is 0. The van der Waals surface area contributed by atoms with E-state index in [0.717, 1.165) is 12.3 Å². The SMILES string of the molecule is NNC(c1ccc(F)cn1)c1cccc(F)c1F. The molecule has 3 nitrogen and oxygen atoms in total. The van der Waals surface area contributed by atoms with E-state index in [9.17, 15) is 13.2 Å². The number of benzene rings is 1. The van der Waals surface area contributed by atoms with E-state index in [1.165, 1.54) is 24.3 Å². The molecule has 0 radical (unpaired) electrons. The second-order valence-corrected chi connectivity index (χ2v) is 3.64. The van der Waals surface area contributed by atoms with E-state index in [4.69, 9.17) is 5.84 Å². The number of halogens is 3. The van der Waals surface area contributed by atoms with E-state index in [1.807, 2.05) is 0 Å². The number of nitrogens with zero attached hydrogens (tertiary/aromatic N) is 1. The first-order valence-corrected chi connectivity index (χ1v) is 5.15. The van der Waals surface area contributed by atoms with Crippen LogP contribution in [0.25, 0.3) is 0 Å². The van der Waals surface area contributed by atoms with Gasteiger partial charge < -0.3 is 0 Å². The molecule has 1 heterocycles. The summed E-state index contributed by atoms with van der Waals surface area (Å²) in [4.78, 5) is 3.79. The Morgan fingerprint density at radius 2 is 1.89 bits per heavy atom. The molecule has 0 amide bonds. The molecule has 0 aliphatic rings. The molecule has 1 atom stereocenters. The molecule has 0 saturated carbocycles. The number of pyridine rings is 1. The minimum atomic E-state index is -1.01. The number of nitrogens with two attached hydrogens (primary N) is 1. The van der Waals surface area contributed by atoms with Crippen molar-refractivity contribution in [1.29, 1.82) is 0 Å². The van der Waals surface area contributed by atoms with Gasteiger partial charge in [0.05, 0.1) is 17.9 Å². The van der Waals surface area contributed by atoms with Gasteiger partial charge >= 0.3 is 0 Å². The lowest BCUT2D eigenvalue weighted by Gasteiger charge is -2.16. The number of hydrogen-bond donors (Lipinski definition) is 2. The van der Waals surface area contributed by atoms with Gasteiger partial charge in [0.1, 0.15) is 5.82 Å². The predicted molar refractivity (Wildman–Crippen MR) is 59.7 cm³/mol. The maximum atomic E-state index is 13.6. The fraction of sp³-hybridized carbons (Fsp3) is 0.0833. The highest BCUT2D eigenvalue weighted by Gasteiger charge is 2.19. The van der Waals surface area contributed by atoms with Crippen molar-refractivity contribution in [2.75, 3.05) is 0 Å². The van der Waals surface area contributed by atoms with Crippen LogP contribution in [-0.4, -0.2) is 4.98 Å². The van der Waals surface area contributed by atoms with Gasteiger partial charge in [-0.05, 0) is 18.2 Å². The first-order valence-electron chi connectivity index (χ1n) is 5.15. The second kappa shape index (κ2) is 5.16. The van der Waals surface area contributed by atoms with Crippen molar-refractivity contribution in [3.05, 3.63) is 65.2 Å². The fourth-order valence-corrected chi connectivity index (χ4v) is 1.64. The van der Waals surface area contributed by atoms with Gasteiger partial charge in [0.2, 0.25) is 0 Å². The van der Waals surface area contributed by atoms with Crippen LogP contribution in [0.3, 0.4) is 0 Å². The number of rotatable bonds is 3. The Morgan fingerprint density at radius 3 is 2.50 bits per heavy atom. The topological polar surface area (TPSA) is 50.9 Å². The lowest BCUT2D eigenvalue weighted by molar-refractivity contribution is 0.480. The second-order valence-electron chi connectivity index (χ2n) is 3.64. The number of hydrazine groups is 1. The molecule has 6 heteroatoms. The van der Waals surface area contributed by atoms with Gasteiger partial charge in [-0.3, -0.25) is 10.8 Å². The summed E-state index contributed by atoms with van der Waals surface area (Å²) in [5.41, 5.74) is 2.64. The predicted octanol–water partition coefficient (Wildman–Crippen LogP) is 2.05. The van der Waals surface area contributed by atoms with Crippen LogP contribution >= 0.6 is 0 Å². The first-order chi connectivity index (χ1) is 8.63. The smallest absolute Gasteiger partial charge is 0.164 e. The molecule has 18 heavy (non-hydrogen) atoms. The Hall–Kier alpha value is -1.92. The fourth-order valence-electron chi connectivity index (χ4n) is 1.64. The molecule has 1 unspecified atom stereocenters. The highest BCUT2D eigenvalue weighted by Crippen LogP contribution is 2.23. The average molecular weight is 253 g/mol. The molecule has 0 saturated heterocycles. The summed E-state index contributed by atoms with van der Waals surface area (Å²) < 4.78 is 39.5. The zero-order valence-electron chi connectivity index (χ0n) is 9.20. The largest absolute Gasteiger partial charge is 0.271 e. The highest BCUT2D eigenvalue weighted by atomic mass is 19.2. The molecule has 0 aliphatic carbocycles. The zero-order valence-corrected chi connectivity index (χ0v) is 9.20.